The number of aromatic amines is 1. The van der Waals surface area contributed by atoms with Crippen molar-refractivity contribution < 1.29 is 9.47 Å². The molecule has 2 aromatic carbocycles. The minimum atomic E-state index is 0.625. The molecule has 1 aliphatic heterocycles. The molecular formula is C25H32N2O2. The number of ether oxygens (including phenoxy) is 2. The van der Waals surface area contributed by atoms with Crippen molar-refractivity contribution >= 4 is 10.9 Å². The van der Waals surface area contributed by atoms with E-state index in [1.54, 1.807) is 14.2 Å². The van der Waals surface area contributed by atoms with Crippen molar-refractivity contribution in [1.29, 1.82) is 0 Å². The lowest BCUT2D eigenvalue weighted by atomic mass is 9.90. The van der Waals surface area contributed by atoms with Gasteiger partial charge in [0, 0.05) is 23.6 Å². The standard InChI is InChI=1S/C25H32N2O2/c1-28-22-10-5-8-19(15-22)21-9-6-14-27(18-21)13-4-3-7-20-17-26-25-12-11-23(29-2)16-24(20)25/h5,8,10-12,15-17,21,26H,3-4,6-7,9,13-14,18H2,1-2H3. The number of aryl methyl sites for hydroxylation is 1. The first kappa shape index (κ1) is 19.8. The average Bonchev–Trinajstić information content (AvgIpc) is 3.19. The third kappa shape index (κ3) is 4.76. The van der Waals surface area contributed by atoms with Crippen LogP contribution >= 0.6 is 0 Å². The Morgan fingerprint density at radius 3 is 2.76 bits per heavy atom. The predicted octanol–water partition coefficient (Wildman–Crippen LogP) is 5.39. The summed E-state index contributed by atoms with van der Waals surface area (Å²) in [5, 5.41) is 1.29. The second-order valence-corrected chi connectivity index (χ2v) is 8.10. The van der Waals surface area contributed by atoms with Crippen molar-refractivity contribution in [2.45, 2.75) is 38.0 Å². The van der Waals surface area contributed by atoms with E-state index in [9.17, 15) is 0 Å². The van der Waals surface area contributed by atoms with Gasteiger partial charge in [0.1, 0.15) is 11.5 Å². The molecule has 0 saturated carbocycles. The lowest BCUT2D eigenvalue weighted by molar-refractivity contribution is 0.204. The molecule has 4 nitrogen and oxygen atoms in total. The largest absolute Gasteiger partial charge is 0.497 e. The molecule has 3 aromatic rings. The molecule has 1 aliphatic rings. The Labute approximate surface area is 173 Å². The van der Waals surface area contributed by atoms with Crippen LogP contribution in [-0.2, 0) is 6.42 Å². The van der Waals surface area contributed by atoms with Crippen molar-refractivity contribution in [3.05, 3.63) is 59.8 Å². The molecule has 0 spiro atoms. The lowest BCUT2D eigenvalue weighted by Crippen LogP contribution is -2.35. The molecule has 0 bridgehead atoms. The van der Waals surface area contributed by atoms with Gasteiger partial charge in [0.15, 0.2) is 0 Å². The molecule has 29 heavy (non-hydrogen) atoms. The average molecular weight is 393 g/mol. The SMILES string of the molecule is COc1cccc(C2CCCN(CCCCc3c[nH]c4ccc(OC)cc34)C2)c1. The topological polar surface area (TPSA) is 37.5 Å². The molecule has 0 radical (unpaired) electrons. The summed E-state index contributed by atoms with van der Waals surface area (Å²) in [6.45, 7) is 3.58. The normalized spacial score (nSPS) is 17.5. The quantitative estimate of drug-likeness (QED) is 0.523. The van der Waals surface area contributed by atoms with Gasteiger partial charge in [-0.15, -0.1) is 0 Å². The maximum Gasteiger partial charge on any atom is 0.119 e. The Kier molecular flexibility index (Phi) is 6.40. The highest BCUT2D eigenvalue weighted by Crippen LogP contribution is 2.29. The fraction of sp³-hybridized carbons (Fsp3) is 0.440. The highest BCUT2D eigenvalue weighted by molar-refractivity contribution is 5.84. The summed E-state index contributed by atoms with van der Waals surface area (Å²) in [5.74, 6) is 2.52. The Morgan fingerprint density at radius 1 is 1.03 bits per heavy atom. The number of rotatable bonds is 8. The molecule has 4 heteroatoms. The Bertz CT molecular complexity index is 933. The third-order valence-electron chi connectivity index (χ3n) is 6.22. The third-order valence-corrected chi connectivity index (χ3v) is 6.22. The Balaban J connectivity index is 1.28. The lowest BCUT2D eigenvalue weighted by Gasteiger charge is -2.33. The van der Waals surface area contributed by atoms with Crippen LogP contribution in [0, 0.1) is 0 Å². The van der Waals surface area contributed by atoms with Gasteiger partial charge in [-0.05, 0) is 92.6 Å². The number of piperidine rings is 1. The van der Waals surface area contributed by atoms with Gasteiger partial charge in [0.05, 0.1) is 14.2 Å². The minimum Gasteiger partial charge on any atom is -0.497 e. The first-order valence-electron chi connectivity index (χ1n) is 10.8. The van der Waals surface area contributed by atoms with E-state index in [0.29, 0.717) is 5.92 Å². The molecule has 1 N–H and O–H groups in total. The molecule has 154 valence electrons. The summed E-state index contributed by atoms with van der Waals surface area (Å²) in [6, 6.07) is 14.9. The summed E-state index contributed by atoms with van der Waals surface area (Å²) >= 11 is 0. The summed E-state index contributed by atoms with van der Waals surface area (Å²) in [4.78, 5) is 6.03. The number of hydrogen-bond acceptors (Lipinski definition) is 3. The van der Waals surface area contributed by atoms with E-state index in [-0.39, 0.29) is 0 Å². The van der Waals surface area contributed by atoms with Crippen molar-refractivity contribution in [2.75, 3.05) is 33.9 Å². The molecule has 1 atom stereocenters. The molecule has 2 heterocycles. The van der Waals surface area contributed by atoms with Crippen LogP contribution in [0.1, 0.15) is 42.7 Å². The number of methoxy groups -OCH3 is 2. The van der Waals surface area contributed by atoms with Gasteiger partial charge >= 0.3 is 0 Å². The fourth-order valence-corrected chi connectivity index (χ4v) is 4.57. The molecular weight excluding hydrogens is 360 g/mol. The molecule has 1 saturated heterocycles. The van der Waals surface area contributed by atoms with E-state index in [0.717, 1.165) is 24.5 Å². The number of hydrogen-bond donors (Lipinski definition) is 1. The van der Waals surface area contributed by atoms with Gasteiger partial charge < -0.3 is 19.4 Å². The molecule has 0 amide bonds. The minimum absolute atomic E-state index is 0.625. The van der Waals surface area contributed by atoms with Crippen molar-refractivity contribution in [3.63, 3.8) is 0 Å². The number of aromatic nitrogens is 1. The highest BCUT2D eigenvalue weighted by atomic mass is 16.5. The summed E-state index contributed by atoms with van der Waals surface area (Å²) in [5.41, 5.74) is 4.01. The smallest absolute Gasteiger partial charge is 0.119 e. The van der Waals surface area contributed by atoms with E-state index in [2.05, 4.69) is 46.4 Å². The molecule has 1 fully saturated rings. The summed E-state index contributed by atoms with van der Waals surface area (Å²) < 4.78 is 10.8. The second kappa shape index (κ2) is 9.36. The van der Waals surface area contributed by atoms with E-state index >= 15 is 0 Å². The van der Waals surface area contributed by atoms with Gasteiger partial charge in [-0.3, -0.25) is 0 Å². The van der Waals surface area contributed by atoms with Crippen LogP contribution in [0.4, 0.5) is 0 Å². The number of H-pyrrole nitrogens is 1. The number of likely N-dealkylation sites (tertiary alicyclic amines) is 1. The van der Waals surface area contributed by atoms with Gasteiger partial charge in [-0.2, -0.15) is 0 Å². The van der Waals surface area contributed by atoms with Crippen molar-refractivity contribution in [1.82, 2.24) is 9.88 Å². The molecule has 0 aliphatic carbocycles. The monoisotopic (exact) mass is 392 g/mol. The van der Waals surface area contributed by atoms with Crippen LogP contribution < -0.4 is 9.47 Å². The number of unbranched alkanes of at least 4 members (excludes halogenated alkanes) is 1. The van der Waals surface area contributed by atoms with E-state index in [4.69, 9.17) is 9.47 Å². The number of nitrogens with one attached hydrogen (secondary N) is 1. The van der Waals surface area contributed by atoms with E-state index < -0.39 is 0 Å². The van der Waals surface area contributed by atoms with Gasteiger partial charge in [-0.25, -0.2) is 0 Å². The zero-order valence-corrected chi connectivity index (χ0v) is 17.6. The van der Waals surface area contributed by atoms with Crippen LogP contribution in [0.3, 0.4) is 0 Å². The first-order chi connectivity index (χ1) is 14.3. The predicted molar refractivity (Wildman–Crippen MR) is 119 cm³/mol. The fourth-order valence-electron chi connectivity index (χ4n) is 4.57. The van der Waals surface area contributed by atoms with Crippen molar-refractivity contribution in [2.24, 2.45) is 0 Å². The maximum atomic E-state index is 5.41. The van der Waals surface area contributed by atoms with Gasteiger partial charge in [0.2, 0.25) is 0 Å². The number of benzene rings is 2. The second-order valence-electron chi connectivity index (χ2n) is 8.10. The van der Waals surface area contributed by atoms with E-state index in [1.165, 1.54) is 60.8 Å². The van der Waals surface area contributed by atoms with Crippen LogP contribution in [0.5, 0.6) is 11.5 Å². The number of nitrogens with zero attached hydrogens (tertiary/aromatic N) is 1. The summed E-state index contributed by atoms with van der Waals surface area (Å²) in [7, 11) is 3.47. The number of fused-ring (bicyclic) bond motifs is 1. The van der Waals surface area contributed by atoms with Crippen LogP contribution in [-0.4, -0.2) is 43.7 Å². The van der Waals surface area contributed by atoms with Gasteiger partial charge in [-0.1, -0.05) is 12.1 Å². The summed E-state index contributed by atoms with van der Waals surface area (Å²) in [6.07, 6.45) is 8.28. The van der Waals surface area contributed by atoms with Crippen LogP contribution in [0.15, 0.2) is 48.7 Å². The van der Waals surface area contributed by atoms with Crippen LogP contribution in [0.2, 0.25) is 0 Å². The van der Waals surface area contributed by atoms with Crippen LogP contribution in [0.25, 0.3) is 10.9 Å². The Hall–Kier alpha value is -2.46. The first-order valence-corrected chi connectivity index (χ1v) is 10.8. The van der Waals surface area contributed by atoms with E-state index in [1.807, 2.05) is 12.1 Å². The molecule has 1 aromatic heterocycles. The van der Waals surface area contributed by atoms with Gasteiger partial charge in [0.25, 0.3) is 0 Å². The zero-order chi connectivity index (χ0) is 20.1. The molecule has 4 rings (SSSR count). The zero-order valence-electron chi connectivity index (χ0n) is 17.6. The highest BCUT2D eigenvalue weighted by Gasteiger charge is 2.21. The molecule has 1 unspecified atom stereocenters. The van der Waals surface area contributed by atoms with Crippen molar-refractivity contribution in [3.8, 4) is 11.5 Å². The maximum absolute atomic E-state index is 5.41. The Morgan fingerprint density at radius 2 is 1.90 bits per heavy atom.